The number of ether oxygens (including phenoxy) is 3. The first-order valence-electron chi connectivity index (χ1n) is 9.33. The van der Waals surface area contributed by atoms with E-state index in [1.807, 2.05) is 0 Å². The maximum Gasteiger partial charge on any atom is 0.412 e. The molecule has 0 saturated heterocycles. The van der Waals surface area contributed by atoms with Gasteiger partial charge < -0.3 is 19.5 Å². The Labute approximate surface area is 175 Å². The van der Waals surface area contributed by atoms with E-state index >= 15 is 0 Å². The van der Waals surface area contributed by atoms with Crippen molar-refractivity contribution in [3.8, 4) is 5.75 Å². The van der Waals surface area contributed by atoms with E-state index in [9.17, 15) is 14.4 Å². The highest BCUT2D eigenvalue weighted by atomic mass is 16.6. The van der Waals surface area contributed by atoms with Gasteiger partial charge in [-0.1, -0.05) is 6.07 Å². The lowest BCUT2D eigenvalue weighted by atomic mass is 10.2. The third kappa shape index (κ3) is 7.12. The highest BCUT2D eigenvalue weighted by Crippen LogP contribution is 2.18. The Hall–Kier alpha value is -3.55. The van der Waals surface area contributed by atoms with Gasteiger partial charge in [0.25, 0.3) is 5.91 Å². The average Bonchev–Trinajstić information content (AvgIpc) is 2.67. The Morgan fingerprint density at radius 2 is 1.60 bits per heavy atom. The third-order valence-corrected chi connectivity index (χ3v) is 3.76. The summed E-state index contributed by atoms with van der Waals surface area (Å²) in [7, 11) is 1.53. The van der Waals surface area contributed by atoms with Crippen LogP contribution in [0.25, 0.3) is 0 Å². The van der Waals surface area contributed by atoms with Crippen LogP contribution >= 0.6 is 0 Å². The van der Waals surface area contributed by atoms with Gasteiger partial charge in [0.1, 0.15) is 11.4 Å². The minimum absolute atomic E-state index is 0.241. The van der Waals surface area contributed by atoms with E-state index in [0.717, 1.165) is 0 Å². The van der Waals surface area contributed by atoms with Crippen molar-refractivity contribution in [2.24, 2.45) is 0 Å². The van der Waals surface area contributed by atoms with Gasteiger partial charge in [-0.15, -0.1) is 0 Å². The zero-order chi connectivity index (χ0) is 22.3. The zero-order valence-electron chi connectivity index (χ0n) is 17.6. The molecular weight excluding hydrogens is 388 g/mol. The van der Waals surface area contributed by atoms with E-state index in [1.165, 1.54) is 26.2 Å². The van der Waals surface area contributed by atoms with Crippen molar-refractivity contribution in [3.05, 3.63) is 54.1 Å². The van der Waals surface area contributed by atoms with Crippen LogP contribution in [-0.2, 0) is 14.3 Å². The summed E-state index contributed by atoms with van der Waals surface area (Å²) in [6, 6.07) is 12.9. The van der Waals surface area contributed by atoms with E-state index in [2.05, 4.69) is 10.6 Å². The lowest BCUT2D eigenvalue weighted by Crippen LogP contribution is -2.30. The summed E-state index contributed by atoms with van der Waals surface area (Å²) in [5.41, 5.74) is 0.616. The van der Waals surface area contributed by atoms with Crippen LogP contribution in [0.1, 0.15) is 38.1 Å². The largest absolute Gasteiger partial charge is 0.497 e. The molecule has 8 nitrogen and oxygen atoms in total. The number of methoxy groups -OCH3 is 1. The van der Waals surface area contributed by atoms with E-state index in [0.29, 0.717) is 17.1 Å². The third-order valence-electron chi connectivity index (χ3n) is 3.76. The minimum atomic E-state index is -1.01. The van der Waals surface area contributed by atoms with Gasteiger partial charge >= 0.3 is 12.1 Å². The Morgan fingerprint density at radius 3 is 2.20 bits per heavy atom. The molecule has 0 aliphatic heterocycles. The molecule has 8 heteroatoms. The summed E-state index contributed by atoms with van der Waals surface area (Å²) in [5.74, 6) is -0.538. The fourth-order valence-electron chi connectivity index (χ4n) is 2.34. The first-order chi connectivity index (χ1) is 14.1. The number of hydrogen-bond acceptors (Lipinski definition) is 6. The van der Waals surface area contributed by atoms with Crippen molar-refractivity contribution in [3.63, 3.8) is 0 Å². The number of benzene rings is 2. The smallest absolute Gasteiger partial charge is 0.412 e. The maximum atomic E-state index is 12.3. The lowest BCUT2D eigenvalue weighted by Gasteiger charge is -2.19. The van der Waals surface area contributed by atoms with Crippen molar-refractivity contribution in [1.29, 1.82) is 0 Å². The standard InChI is InChI=1S/C22H26N2O6/c1-14(19(25)23-17-7-6-8-18(13-17)28-5)29-20(26)15-9-11-16(12-10-15)24-21(27)30-22(2,3)4/h6-14H,1-5H3,(H,23,25)(H,24,27)/t14-/m1/s1. The molecule has 2 rings (SSSR count). The molecule has 2 N–H and O–H groups in total. The number of carbonyl (C=O) groups is 3. The van der Waals surface area contributed by atoms with Gasteiger partial charge in [-0.2, -0.15) is 0 Å². The van der Waals surface area contributed by atoms with E-state index in [-0.39, 0.29) is 5.56 Å². The fraction of sp³-hybridized carbons (Fsp3) is 0.318. The summed E-state index contributed by atoms with van der Waals surface area (Å²) in [5, 5.41) is 5.24. The van der Waals surface area contributed by atoms with Crippen LogP contribution in [0.2, 0.25) is 0 Å². The molecule has 0 heterocycles. The Morgan fingerprint density at radius 1 is 0.933 bits per heavy atom. The first kappa shape index (κ1) is 22.7. The van der Waals surface area contributed by atoms with Crippen molar-refractivity contribution < 1.29 is 28.6 Å². The molecule has 0 bridgehead atoms. The molecule has 1 atom stereocenters. The minimum Gasteiger partial charge on any atom is -0.497 e. The molecule has 0 radical (unpaired) electrons. The summed E-state index contributed by atoms with van der Waals surface area (Å²) < 4.78 is 15.5. The first-order valence-corrected chi connectivity index (χ1v) is 9.33. The quantitative estimate of drug-likeness (QED) is 0.686. The van der Waals surface area contributed by atoms with Gasteiger partial charge in [0.2, 0.25) is 0 Å². The summed E-state index contributed by atoms with van der Waals surface area (Å²) >= 11 is 0. The molecule has 2 amide bonds. The predicted octanol–water partition coefficient (Wildman–Crippen LogP) is 4.23. The van der Waals surface area contributed by atoms with Crippen LogP contribution in [0.5, 0.6) is 5.75 Å². The van der Waals surface area contributed by atoms with Gasteiger partial charge in [0.05, 0.1) is 12.7 Å². The summed E-state index contributed by atoms with van der Waals surface area (Å²) in [6.07, 6.45) is -1.61. The normalized spacial score (nSPS) is 11.8. The molecule has 0 aliphatic carbocycles. The number of rotatable bonds is 6. The van der Waals surface area contributed by atoms with Crippen LogP contribution in [0, 0.1) is 0 Å². The fourth-order valence-corrected chi connectivity index (χ4v) is 2.34. The Balaban J connectivity index is 1.91. The number of carbonyl (C=O) groups excluding carboxylic acids is 3. The van der Waals surface area contributed by atoms with Crippen molar-refractivity contribution in [1.82, 2.24) is 0 Å². The molecule has 30 heavy (non-hydrogen) atoms. The second kappa shape index (κ2) is 9.78. The molecule has 0 saturated carbocycles. The lowest BCUT2D eigenvalue weighted by molar-refractivity contribution is -0.123. The highest BCUT2D eigenvalue weighted by Gasteiger charge is 2.20. The van der Waals surface area contributed by atoms with Gasteiger partial charge in [0.15, 0.2) is 6.10 Å². The monoisotopic (exact) mass is 414 g/mol. The SMILES string of the molecule is COc1cccc(NC(=O)[C@@H](C)OC(=O)c2ccc(NC(=O)OC(C)(C)C)cc2)c1. The molecule has 0 unspecified atom stereocenters. The van der Waals surface area contributed by atoms with Crippen molar-refractivity contribution in [2.75, 3.05) is 17.7 Å². The number of esters is 1. The van der Waals surface area contributed by atoms with Gasteiger partial charge in [0, 0.05) is 17.4 Å². The van der Waals surface area contributed by atoms with Crippen molar-refractivity contribution >= 4 is 29.3 Å². The van der Waals surface area contributed by atoms with Gasteiger partial charge in [-0.3, -0.25) is 10.1 Å². The van der Waals surface area contributed by atoms with Crippen LogP contribution in [0.4, 0.5) is 16.2 Å². The zero-order valence-corrected chi connectivity index (χ0v) is 17.6. The van der Waals surface area contributed by atoms with E-state index in [1.54, 1.807) is 57.2 Å². The van der Waals surface area contributed by atoms with Gasteiger partial charge in [-0.05, 0) is 64.1 Å². The van der Waals surface area contributed by atoms with Crippen LogP contribution in [0.3, 0.4) is 0 Å². The molecular formula is C22H26N2O6. The van der Waals surface area contributed by atoms with Gasteiger partial charge in [-0.25, -0.2) is 9.59 Å². The van der Waals surface area contributed by atoms with Crippen LogP contribution in [-0.4, -0.2) is 36.8 Å². The number of nitrogens with one attached hydrogen (secondary N) is 2. The number of hydrogen-bond donors (Lipinski definition) is 2. The van der Waals surface area contributed by atoms with Crippen LogP contribution in [0.15, 0.2) is 48.5 Å². The van der Waals surface area contributed by atoms with Crippen LogP contribution < -0.4 is 15.4 Å². The topological polar surface area (TPSA) is 103 Å². The van der Waals surface area contributed by atoms with E-state index in [4.69, 9.17) is 14.2 Å². The highest BCUT2D eigenvalue weighted by molar-refractivity contribution is 5.97. The molecule has 0 fully saturated rings. The molecule has 0 aromatic heterocycles. The predicted molar refractivity (Wildman–Crippen MR) is 113 cm³/mol. The Bertz CT molecular complexity index is 903. The summed E-state index contributed by atoms with van der Waals surface area (Å²) in [4.78, 5) is 36.4. The second-order valence-electron chi connectivity index (χ2n) is 7.47. The maximum absolute atomic E-state index is 12.3. The molecule has 2 aromatic rings. The average molecular weight is 414 g/mol. The van der Waals surface area contributed by atoms with Crippen molar-refractivity contribution in [2.45, 2.75) is 39.4 Å². The molecule has 160 valence electrons. The Kier molecular flexibility index (Phi) is 7.41. The molecule has 0 aliphatic rings. The van der Waals surface area contributed by atoms with E-state index < -0.39 is 29.7 Å². The summed E-state index contributed by atoms with van der Waals surface area (Å²) in [6.45, 7) is 6.76. The molecule has 0 spiro atoms. The second-order valence-corrected chi connectivity index (χ2v) is 7.47. The number of amides is 2. The molecule has 2 aromatic carbocycles. The number of anilines is 2.